The van der Waals surface area contributed by atoms with Gasteiger partial charge in [-0.1, -0.05) is 0 Å². The number of furan rings is 1. The molecule has 1 aromatic rings. The molecule has 0 aromatic carbocycles. The van der Waals surface area contributed by atoms with Crippen molar-refractivity contribution in [3.63, 3.8) is 0 Å². The first kappa shape index (κ1) is 25.2. The molecular formula is C19H35IN4O3S. The van der Waals surface area contributed by atoms with E-state index in [1.807, 2.05) is 32.9 Å². The third kappa shape index (κ3) is 8.69. The van der Waals surface area contributed by atoms with E-state index in [4.69, 9.17) is 9.41 Å². The summed E-state index contributed by atoms with van der Waals surface area (Å²) in [6.07, 6.45) is 4.24. The molecule has 2 atom stereocenters. The molecule has 2 N–H and O–H groups in total. The van der Waals surface area contributed by atoms with Gasteiger partial charge in [-0.25, -0.2) is 8.42 Å². The number of hydrogen-bond acceptors (Lipinski definition) is 5. The Hall–Kier alpha value is -0.810. The number of nitrogens with one attached hydrogen (secondary N) is 2. The molecule has 2 rings (SSSR count). The van der Waals surface area contributed by atoms with Crippen molar-refractivity contribution < 1.29 is 12.8 Å². The molecule has 2 unspecified atom stereocenters. The molecule has 0 spiro atoms. The number of hydrogen-bond donors (Lipinski definition) is 2. The van der Waals surface area contributed by atoms with Gasteiger partial charge in [-0.3, -0.25) is 9.89 Å². The highest BCUT2D eigenvalue weighted by molar-refractivity contribution is 14.0. The first-order valence-corrected chi connectivity index (χ1v) is 11.9. The van der Waals surface area contributed by atoms with E-state index < -0.39 is 9.84 Å². The first-order chi connectivity index (χ1) is 12.8. The molecule has 1 fully saturated rings. The number of halogens is 1. The molecule has 0 bridgehead atoms. The van der Waals surface area contributed by atoms with Crippen molar-refractivity contribution in [2.45, 2.75) is 52.1 Å². The van der Waals surface area contributed by atoms with Crippen molar-refractivity contribution in [2.75, 3.05) is 38.2 Å². The number of likely N-dealkylation sites (tertiary alicyclic amines) is 1. The number of rotatable bonds is 9. The Morgan fingerprint density at radius 3 is 2.54 bits per heavy atom. The highest BCUT2D eigenvalue weighted by Crippen LogP contribution is 2.26. The van der Waals surface area contributed by atoms with Crippen LogP contribution in [0.1, 0.15) is 50.7 Å². The second-order valence-electron chi connectivity index (χ2n) is 7.39. The van der Waals surface area contributed by atoms with E-state index in [0.29, 0.717) is 18.9 Å². The van der Waals surface area contributed by atoms with Crippen LogP contribution in [0.4, 0.5) is 0 Å². The van der Waals surface area contributed by atoms with Crippen LogP contribution in [-0.2, 0) is 9.84 Å². The van der Waals surface area contributed by atoms with Crippen molar-refractivity contribution in [3.8, 4) is 0 Å². The van der Waals surface area contributed by atoms with Crippen LogP contribution in [0, 0.1) is 6.92 Å². The SMILES string of the molecule is CCNC(=NCC(c1ccc(C)o1)N1CCCC1)NC(C)CCS(C)(=O)=O.I. The van der Waals surface area contributed by atoms with E-state index >= 15 is 0 Å². The summed E-state index contributed by atoms with van der Waals surface area (Å²) < 4.78 is 28.6. The lowest BCUT2D eigenvalue weighted by Crippen LogP contribution is -2.43. The second-order valence-corrected chi connectivity index (χ2v) is 9.65. The zero-order chi connectivity index (χ0) is 19.9. The molecule has 7 nitrogen and oxygen atoms in total. The minimum Gasteiger partial charge on any atom is -0.465 e. The van der Waals surface area contributed by atoms with Crippen molar-refractivity contribution in [3.05, 3.63) is 23.7 Å². The summed E-state index contributed by atoms with van der Waals surface area (Å²) in [5, 5.41) is 6.57. The van der Waals surface area contributed by atoms with E-state index in [9.17, 15) is 8.42 Å². The third-order valence-corrected chi connectivity index (χ3v) is 5.72. The van der Waals surface area contributed by atoms with E-state index in [0.717, 1.165) is 31.2 Å². The standard InChI is InChI=1S/C19H34N4O3S.HI/c1-5-20-19(22-15(2)10-13-27(4,24)25)21-14-17(23-11-6-7-12-23)18-9-8-16(3)26-18;/h8-9,15,17H,5-7,10-14H2,1-4H3,(H2,20,21,22);1H. The largest absolute Gasteiger partial charge is 0.465 e. The Morgan fingerprint density at radius 2 is 2.00 bits per heavy atom. The molecule has 0 saturated carbocycles. The van der Waals surface area contributed by atoms with Crippen LogP contribution in [0.5, 0.6) is 0 Å². The van der Waals surface area contributed by atoms with Crippen molar-refractivity contribution in [2.24, 2.45) is 4.99 Å². The van der Waals surface area contributed by atoms with Gasteiger partial charge < -0.3 is 15.1 Å². The van der Waals surface area contributed by atoms with Crippen molar-refractivity contribution >= 4 is 39.8 Å². The minimum absolute atomic E-state index is 0. The van der Waals surface area contributed by atoms with Gasteiger partial charge >= 0.3 is 0 Å². The fraction of sp³-hybridized carbons (Fsp3) is 0.737. The number of aliphatic imine (C=N–C) groups is 1. The van der Waals surface area contributed by atoms with Crippen LogP contribution in [-0.4, -0.2) is 63.5 Å². The molecule has 1 aliphatic heterocycles. The van der Waals surface area contributed by atoms with Gasteiger partial charge in [-0.2, -0.15) is 0 Å². The maximum atomic E-state index is 11.4. The monoisotopic (exact) mass is 526 g/mol. The average Bonchev–Trinajstić information content (AvgIpc) is 3.25. The van der Waals surface area contributed by atoms with Gasteiger partial charge in [0.05, 0.1) is 18.3 Å². The highest BCUT2D eigenvalue weighted by atomic mass is 127. The van der Waals surface area contributed by atoms with Gasteiger partial charge in [0.1, 0.15) is 21.4 Å². The topological polar surface area (TPSA) is 86.9 Å². The first-order valence-electron chi connectivity index (χ1n) is 9.81. The molecule has 1 aliphatic rings. The zero-order valence-electron chi connectivity index (χ0n) is 17.4. The van der Waals surface area contributed by atoms with Gasteiger partial charge in [0, 0.05) is 18.8 Å². The Labute approximate surface area is 186 Å². The lowest BCUT2D eigenvalue weighted by Gasteiger charge is -2.25. The lowest BCUT2D eigenvalue weighted by atomic mass is 10.2. The van der Waals surface area contributed by atoms with Crippen LogP contribution in [0.2, 0.25) is 0 Å². The van der Waals surface area contributed by atoms with Crippen LogP contribution < -0.4 is 10.6 Å². The van der Waals surface area contributed by atoms with Gasteiger partial charge in [0.25, 0.3) is 0 Å². The molecule has 1 aromatic heterocycles. The zero-order valence-corrected chi connectivity index (χ0v) is 20.5. The number of aryl methyl sites for hydroxylation is 1. The van der Waals surface area contributed by atoms with E-state index in [1.54, 1.807) is 0 Å². The van der Waals surface area contributed by atoms with Gasteiger partial charge in [0.15, 0.2) is 5.96 Å². The molecular weight excluding hydrogens is 491 g/mol. The normalized spacial score (nSPS) is 17.8. The van der Waals surface area contributed by atoms with Gasteiger partial charge in [-0.15, -0.1) is 24.0 Å². The van der Waals surface area contributed by atoms with E-state index in [2.05, 4.69) is 15.5 Å². The summed E-state index contributed by atoms with van der Waals surface area (Å²) in [7, 11) is -2.96. The third-order valence-electron chi connectivity index (χ3n) is 4.74. The number of sulfone groups is 1. The fourth-order valence-corrected chi connectivity index (χ4v) is 4.05. The Kier molecular flexibility index (Phi) is 10.8. The Bertz CT molecular complexity index is 715. The van der Waals surface area contributed by atoms with Gasteiger partial charge in [-0.05, 0) is 65.3 Å². The average molecular weight is 526 g/mol. The summed E-state index contributed by atoms with van der Waals surface area (Å²) in [4.78, 5) is 7.20. The lowest BCUT2D eigenvalue weighted by molar-refractivity contribution is 0.219. The minimum atomic E-state index is -2.96. The van der Waals surface area contributed by atoms with Crippen molar-refractivity contribution in [1.29, 1.82) is 0 Å². The molecule has 0 aliphatic carbocycles. The molecule has 0 amide bonds. The van der Waals surface area contributed by atoms with E-state index in [-0.39, 0.29) is 41.8 Å². The fourth-order valence-electron chi connectivity index (χ4n) is 3.27. The summed E-state index contributed by atoms with van der Waals surface area (Å²) in [5.41, 5.74) is 0. The molecule has 0 radical (unpaired) electrons. The summed E-state index contributed by atoms with van der Waals surface area (Å²) in [6.45, 7) is 9.43. The van der Waals surface area contributed by atoms with Crippen LogP contribution >= 0.6 is 24.0 Å². The smallest absolute Gasteiger partial charge is 0.191 e. The number of guanidine groups is 1. The quantitative estimate of drug-likeness (QED) is 0.293. The number of nitrogens with zero attached hydrogens (tertiary/aromatic N) is 2. The molecule has 1 saturated heterocycles. The summed E-state index contributed by atoms with van der Waals surface area (Å²) in [5.74, 6) is 2.76. The molecule has 9 heteroatoms. The van der Waals surface area contributed by atoms with Crippen LogP contribution in [0.25, 0.3) is 0 Å². The Balaban J connectivity index is 0.00000392. The van der Waals surface area contributed by atoms with Crippen LogP contribution in [0.3, 0.4) is 0 Å². The summed E-state index contributed by atoms with van der Waals surface area (Å²) in [6, 6.07) is 4.19. The maximum Gasteiger partial charge on any atom is 0.191 e. The van der Waals surface area contributed by atoms with E-state index in [1.165, 1.54) is 19.1 Å². The second kappa shape index (κ2) is 12.0. The molecule has 2 heterocycles. The predicted octanol–water partition coefficient (Wildman–Crippen LogP) is 2.72. The highest BCUT2D eigenvalue weighted by Gasteiger charge is 2.26. The van der Waals surface area contributed by atoms with Crippen LogP contribution in [0.15, 0.2) is 21.5 Å². The molecule has 162 valence electrons. The van der Waals surface area contributed by atoms with Crippen molar-refractivity contribution in [1.82, 2.24) is 15.5 Å². The predicted molar refractivity (Wildman–Crippen MR) is 125 cm³/mol. The van der Waals surface area contributed by atoms with Gasteiger partial charge in [0.2, 0.25) is 0 Å². The molecule has 28 heavy (non-hydrogen) atoms. The summed E-state index contributed by atoms with van der Waals surface area (Å²) >= 11 is 0. The Morgan fingerprint density at radius 1 is 1.32 bits per heavy atom. The maximum absolute atomic E-state index is 11.4.